The number of carbonyl (C=O) groups is 1. The van der Waals surface area contributed by atoms with Crippen molar-refractivity contribution in [2.24, 2.45) is 11.7 Å². The second-order valence-corrected chi connectivity index (χ2v) is 15.9. The molecular formula is C33H42ClN5O4S2. The number of hydrogen-bond acceptors (Lipinski definition) is 8. The van der Waals surface area contributed by atoms with Crippen molar-refractivity contribution < 1.29 is 17.9 Å². The molecule has 242 valence electrons. The van der Waals surface area contributed by atoms with Gasteiger partial charge in [-0.1, -0.05) is 43.0 Å². The summed E-state index contributed by atoms with van der Waals surface area (Å²) in [7, 11) is -3.93. The Morgan fingerprint density at radius 3 is 2.38 bits per heavy atom. The van der Waals surface area contributed by atoms with Crippen LogP contribution in [0.3, 0.4) is 0 Å². The number of ether oxygens (including phenoxy) is 1. The Hall–Kier alpha value is -2.54. The highest BCUT2D eigenvalue weighted by Crippen LogP contribution is 2.30. The van der Waals surface area contributed by atoms with Crippen LogP contribution < -0.4 is 10.5 Å². The first kappa shape index (κ1) is 32.4. The number of piperazine rings is 1. The predicted octanol–water partition coefficient (Wildman–Crippen LogP) is 5.25. The fraction of sp³-hybridized carbons (Fsp3) is 0.515. The van der Waals surface area contributed by atoms with E-state index in [4.69, 9.17) is 22.1 Å². The molecule has 0 radical (unpaired) electrons. The topological polar surface area (TPSA) is 109 Å². The van der Waals surface area contributed by atoms with Crippen molar-refractivity contribution in [2.45, 2.75) is 68.5 Å². The van der Waals surface area contributed by atoms with Gasteiger partial charge < -0.3 is 15.4 Å². The predicted molar refractivity (Wildman–Crippen MR) is 178 cm³/mol. The van der Waals surface area contributed by atoms with Crippen molar-refractivity contribution in [2.75, 3.05) is 39.3 Å². The molecule has 12 heteroatoms. The molecule has 2 N–H and O–H groups in total. The van der Waals surface area contributed by atoms with Gasteiger partial charge in [0.1, 0.15) is 16.8 Å². The first-order valence-corrected chi connectivity index (χ1v) is 18.6. The van der Waals surface area contributed by atoms with Crippen molar-refractivity contribution in [3.63, 3.8) is 0 Å². The molecule has 3 aliphatic rings. The Kier molecular flexibility index (Phi) is 10.4. The fourth-order valence-electron chi connectivity index (χ4n) is 6.52. The number of nitrogens with two attached hydrogens (primary N) is 1. The number of rotatable bonds is 9. The maximum absolute atomic E-state index is 14.1. The number of halogens is 1. The number of hydrogen-bond donors (Lipinski definition) is 1. The minimum atomic E-state index is -3.93. The fourth-order valence-corrected chi connectivity index (χ4v) is 9.17. The summed E-state index contributed by atoms with van der Waals surface area (Å²) in [5.41, 5.74) is 7.10. The lowest BCUT2D eigenvalue weighted by molar-refractivity contribution is -0.138. The lowest BCUT2D eigenvalue weighted by Crippen LogP contribution is -2.61. The third kappa shape index (κ3) is 7.89. The van der Waals surface area contributed by atoms with Gasteiger partial charge in [0.15, 0.2) is 0 Å². The van der Waals surface area contributed by atoms with Gasteiger partial charge in [-0.2, -0.15) is 4.31 Å². The average molecular weight is 672 g/mol. The highest BCUT2D eigenvalue weighted by atomic mass is 35.5. The molecule has 45 heavy (non-hydrogen) atoms. The maximum atomic E-state index is 14.1. The number of amides is 1. The van der Waals surface area contributed by atoms with Crippen LogP contribution in [-0.4, -0.2) is 84.8 Å². The molecule has 9 nitrogen and oxygen atoms in total. The van der Waals surface area contributed by atoms with E-state index in [2.05, 4.69) is 9.88 Å². The standard InChI is InChI=1S/C33H42ClN5O4S2/c34-26-8-6-25(7-9-26)32-36-20-29(44-32)21-37-18-19-39(31(22-37)33(40)38-16-14-27(35)15-17-38)45(41,42)30-12-10-28(11-13-30)43-23-24-4-2-1-3-5-24/h6-13,20,24,27,31H,1-5,14-19,21-23,35H2/t31-/m0/s1. The van der Waals surface area contributed by atoms with Gasteiger partial charge in [0.05, 0.1) is 11.5 Å². The van der Waals surface area contributed by atoms with E-state index in [1.54, 1.807) is 40.5 Å². The molecule has 1 amide bonds. The molecule has 2 aromatic carbocycles. The first-order valence-electron chi connectivity index (χ1n) is 16.0. The summed E-state index contributed by atoms with van der Waals surface area (Å²) < 4.78 is 35.5. The maximum Gasteiger partial charge on any atom is 0.243 e. The van der Waals surface area contributed by atoms with E-state index >= 15 is 0 Å². The molecule has 6 rings (SSSR count). The summed E-state index contributed by atoms with van der Waals surface area (Å²) in [4.78, 5) is 23.7. The third-order valence-corrected chi connectivity index (χ3v) is 12.4. The number of likely N-dealkylation sites (tertiary alicyclic amines) is 1. The Balaban J connectivity index is 1.17. The zero-order valence-corrected chi connectivity index (χ0v) is 27.9. The van der Waals surface area contributed by atoms with E-state index in [0.717, 1.165) is 15.4 Å². The number of sulfonamides is 1. The van der Waals surface area contributed by atoms with E-state index in [0.29, 0.717) is 68.9 Å². The van der Waals surface area contributed by atoms with Crippen LogP contribution >= 0.6 is 22.9 Å². The number of aromatic nitrogens is 1. The molecule has 1 aliphatic carbocycles. The van der Waals surface area contributed by atoms with Gasteiger partial charge in [0, 0.05) is 67.0 Å². The second-order valence-electron chi connectivity index (χ2n) is 12.5. The number of thiazole rings is 1. The molecule has 3 aromatic rings. The van der Waals surface area contributed by atoms with Crippen molar-refractivity contribution in [3.05, 3.63) is 64.6 Å². The quantitative estimate of drug-likeness (QED) is 0.331. The van der Waals surface area contributed by atoms with Crippen LogP contribution in [-0.2, 0) is 21.4 Å². The van der Waals surface area contributed by atoms with Gasteiger partial charge >= 0.3 is 0 Å². The average Bonchev–Trinajstić information content (AvgIpc) is 3.53. The van der Waals surface area contributed by atoms with Crippen LogP contribution in [0.5, 0.6) is 5.75 Å². The van der Waals surface area contributed by atoms with Gasteiger partial charge in [-0.15, -0.1) is 11.3 Å². The van der Waals surface area contributed by atoms with E-state index in [1.807, 2.05) is 30.5 Å². The molecule has 3 heterocycles. The lowest BCUT2D eigenvalue weighted by Gasteiger charge is -2.42. The van der Waals surface area contributed by atoms with Crippen LogP contribution in [0.1, 0.15) is 49.8 Å². The Labute approximate surface area is 275 Å². The Morgan fingerprint density at radius 2 is 1.67 bits per heavy atom. The molecular weight excluding hydrogens is 630 g/mol. The molecule has 0 bridgehead atoms. The zero-order chi connectivity index (χ0) is 31.4. The zero-order valence-electron chi connectivity index (χ0n) is 25.5. The highest BCUT2D eigenvalue weighted by Gasteiger charge is 2.42. The summed E-state index contributed by atoms with van der Waals surface area (Å²) in [6, 6.07) is 13.5. The van der Waals surface area contributed by atoms with Crippen molar-refractivity contribution in [1.29, 1.82) is 0 Å². The number of piperidine rings is 1. The smallest absolute Gasteiger partial charge is 0.243 e. The Morgan fingerprint density at radius 1 is 0.956 bits per heavy atom. The molecule has 1 saturated carbocycles. The molecule has 2 saturated heterocycles. The summed E-state index contributed by atoms with van der Waals surface area (Å²) in [5, 5.41) is 1.57. The second kappa shape index (κ2) is 14.5. The molecule has 0 spiro atoms. The van der Waals surface area contributed by atoms with Gasteiger partial charge in [0.25, 0.3) is 0 Å². The first-order chi connectivity index (χ1) is 21.8. The van der Waals surface area contributed by atoms with Crippen molar-refractivity contribution in [1.82, 2.24) is 19.1 Å². The SMILES string of the molecule is NC1CCN(C(=O)[C@@H]2CN(Cc3cnc(-c4ccc(Cl)cc4)s3)CCN2S(=O)(=O)c2ccc(OCC3CCCCC3)cc2)CC1. The van der Waals surface area contributed by atoms with Gasteiger partial charge in [-0.25, -0.2) is 13.4 Å². The lowest BCUT2D eigenvalue weighted by atomic mass is 9.90. The minimum absolute atomic E-state index is 0.0664. The molecule has 1 aromatic heterocycles. The van der Waals surface area contributed by atoms with Crippen LogP contribution in [0, 0.1) is 5.92 Å². The van der Waals surface area contributed by atoms with Crippen molar-refractivity contribution in [3.8, 4) is 16.3 Å². The van der Waals surface area contributed by atoms with E-state index in [-0.39, 0.29) is 23.4 Å². The van der Waals surface area contributed by atoms with E-state index in [9.17, 15) is 13.2 Å². The normalized spacial score (nSPS) is 21.2. The van der Waals surface area contributed by atoms with Crippen molar-refractivity contribution >= 4 is 38.9 Å². The van der Waals surface area contributed by atoms with Gasteiger partial charge in [0.2, 0.25) is 15.9 Å². The van der Waals surface area contributed by atoms with Crippen LogP contribution in [0.25, 0.3) is 10.6 Å². The molecule has 0 unspecified atom stereocenters. The highest BCUT2D eigenvalue weighted by molar-refractivity contribution is 7.89. The molecule has 3 fully saturated rings. The number of benzene rings is 2. The monoisotopic (exact) mass is 671 g/mol. The van der Waals surface area contributed by atoms with Gasteiger partial charge in [-0.05, 0) is 68.0 Å². The summed E-state index contributed by atoms with van der Waals surface area (Å²) >= 11 is 7.64. The largest absolute Gasteiger partial charge is 0.493 e. The van der Waals surface area contributed by atoms with Crippen LogP contribution in [0.4, 0.5) is 0 Å². The summed E-state index contributed by atoms with van der Waals surface area (Å²) in [6.07, 6.45) is 9.44. The number of nitrogens with zero attached hydrogens (tertiary/aromatic N) is 4. The number of carbonyl (C=O) groups excluding carboxylic acids is 1. The molecule has 1 atom stereocenters. The van der Waals surface area contributed by atoms with E-state index < -0.39 is 16.1 Å². The minimum Gasteiger partial charge on any atom is -0.493 e. The van der Waals surface area contributed by atoms with Crippen LogP contribution in [0.2, 0.25) is 5.02 Å². The Bertz CT molecular complexity index is 1540. The van der Waals surface area contributed by atoms with Crippen LogP contribution in [0.15, 0.2) is 59.6 Å². The van der Waals surface area contributed by atoms with Gasteiger partial charge in [-0.3, -0.25) is 9.69 Å². The van der Waals surface area contributed by atoms with E-state index in [1.165, 1.54) is 36.4 Å². The third-order valence-electron chi connectivity index (χ3n) is 9.22. The molecule has 2 aliphatic heterocycles. The summed E-state index contributed by atoms with van der Waals surface area (Å²) in [6.45, 7) is 3.34. The summed E-state index contributed by atoms with van der Waals surface area (Å²) in [5.74, 6) is 1.07.